The lowest BCUT2D eigenvalue weighted by Gasteiger charge is -2.07. The minimum absolute atomic E-state index is 0.215. The Balaban J connectivity index is 2.93. The Bertz CT molecular complexity index is 676. The Labute approximate surface area is 98.0 Å². The first-order chi connectivity index (χ1) is 7.93. The molecule has 0 spiro atoms. The number of rotatable bonds is 2. The summed E-state index contributed by atoms with van der Waals surface area (Å²) in [5.74, 6) is -0.0544. The largest absolute Gasteiger partial charge is 0.506 e. The van der Waals surface area contributed by atoms with Gasteiger partial charge in [-0.05, 0) is 23.6 Å². The number of fused-ring (bicyclic) bond motifs is 1. The lowest BCUT2D eigenvalue weighted by Crippen LogP contribution is -2.00. The average Bonchev–Trinajstić information content (AvgIpc) is 2.26. The van der Waals surface area contributed by atoms with Gasteiger partial charge >= 0.3 is 0 Å². The molecule has 0 amide bonds. The highest BCUT2D eigenvalue weighted by molar-refractivity contribution is 7.86. The first-order valence-corrected chi connectivity index (χ1v) is 6.14. The van der Waals surface area contributed by atoms with Gasteiger partial charge in [-0.25, -0.2) is 0 Å². The summed E-state index contributed by atoms with van der Waals surface area (Å²) in [6.07, 6.45) is 0. The van der Waals surface area contributed by atoms with E-state index >= 15 is 0 Å². The molecule has 0 radical (unpaired) electrons. The van der Waals surface area contributed by atoms with Gasteiger partial charge in [0.15, 0.2) is 0 Å². The summed E-state index contributed by atoms with van der Waals surface area (Å²) < 4.78 is 36.5. The molecule has 5 nitrogen and oxygen atoms in total. The zero-order valence-corrected chi connectivity index (χ0v) is 9.73. The standard InChI is InChI=1S/C11H10O5S/c1-16-8-4-2-7-3-5-10(12)11(9(7)6-8)17(13,14)15/h2-6,12H,1H3,(H,13,14,15). The molecule has 0 unspecified atom stereocenters. The molecule has 2 aromatic carbocycles. The van der Waals surface area contributed by atoms with Gasteiger partial charge in [-0.3, -0.25) is 4.55 Å². The zero-order chi connectivity index (χ0) is 12.6. The lowest BCUT2D eigenvalue weighted by molar-refractivity contribution is 0.415. The van der Waals surface area contributed by atoms with Crippen molar-refractivity contribution in [2.45, 2.75) is 4.90 Å². The van der Waals surface area contributed by atoms with Crippen molar-refractivity contribution in [1.29, 1.82) is 0 Å². The van der Waals surface area contributed by atoms with Gasteiger partial charge in [-0.2, -0.15) is 8.42 Å². The van der Waals surface area contributed by atoms with Gasteiger partial charge in [0.25, 0.3) is 10.1 Å². The van der Waals surface area contributed by atoms with Crippen LogP contribution in [0.5, 0.6) is 11.5 Å². The fourth-order valence-corrected chi connectivity index (χ4v) is 2.44. The van der Waals surface area contributed by atoms with Crippen LogP contribution in [-0.4, -0.2) is 25.2 Å². The van der Waals surface area contributed by atoms with Crippen LogP contribution in [0.3, 0.4) is 0 Å². The number of hydrogen-bond acceptors (Lipinski definition) is 4. The van der Waals surface area contributed by atoms with Crippen molar-refractivity contribution in [3.05, 3.63) is 30.3 Å². The van der Waals surface area contributed by atoms with Crippen LogP contribution in [-0.2, 0) is 10.1 Å². The molecule has 0 saturated carbocycles. The molecule has 0 atom stereocenters. The predicted molar refractivity (Wildman–Crippen MR) is 62.0 cm³/mol. The first-order valence-electron chi connectivity index (χ1n) is 4.70. The number of aromatic hydroxyl groups is 1. The van der Waals surface area contributed by atoms with E-state index in [1.54, 1.807) is 18.2 Å². The molecule has 2 aromatic rings. The Morgan fingerprint density at radius 2 is 1.82 bits per heavy atom. The highest BCUT2D eigenvalue weighted by Crippen LogP contribution is 2.33. The molecule has 0 bridgehead atoms. The number of methoxy groups -OCH3 is 1. The third kappa shape index (κ3) is 2.04. The van der Waals surface area contributed by atoms with Crippen LogP contribution in [0.25, 0.3) is 10.8 Å². The molecule has 0 fully saturated rings. The van der Waals surface area contributed by atoms with E-state index in [4.69, 9.17) is 9.29 Å². The van der Waals surface area contributed by atoms with Crippen LogP contribution in [0.2, 0.25) is 0 Å². The molecule has 0 heterocycles. The van der Waals surface area contributed by atoms with Crippen LogP contribution in [0.15, 0.2) is 35.2 Å². The van der Waals surface area contributed by atoms with Gasteiger partial charge in [0.05, 0.1) is 7.11 Å². The number of ether oxygens (including phenoxy) is 1. The third-order valence-electron chi connectivity index (χ3n) is 2.42. The molecule has 0 saturated heterocycles. The van der Waals surface area contributed by atoms with Gasteiger partial charge in [0, 0.05) is 5.39 Å². The lowest BCUT2D eigenvalue weighted by atomic mass is 10.1. The Morgan fingerprint density at radius 3 is 2.41 bits per heavy atom. The SMILES string of the molecule is COc1ccc2ccc(O)c(S(=O)(=O)O)c2c1. The van der Waals surface area contributed by atoms with Gasteiger partial charge < -0.3 is 9.84 Å². The number of phenols is 1. The van der Waals surface area contributed by atoms with Crippen molar-refractivity contribution >= 4 is 20.9 Å². The average molecular weight is 254 g/mol. The second kappa shape index (κ2) is 3.90. The van der Waals surface area contributed by atoms with E-state index in [1.165, 1.54) is 19.2 Å². The maximum atomic E-state index is 11.2. The van der Waals surface area contributed by atoms with Crippen molar-refractivity contribution in [3.8, 4) is 11.5 Å². The highest BCUT2D eigenvalue weighted by atomic mass is 32.2. The Hall–Kier alpha value is -1.79. The Morgan fingerprint density at radius 1 is 1.18 bits per heavy atom. The molecule has 0 aliphatic heterocycles. The van der Waals surface area contributed by atoms with E-state index < -0.39 is 20.8 Å². The molecule has 2 rings (SSSR count). The maximum Gasteiger partial charge on any atom is 0.298 e. The molecule has 0 aliphatic rings. The molecule has 17 heavy (non-hydrogen) atoms. The third-order valence-corrected chi connectivity index (χ3v) is 3.36. The van der Waals surface area contributed by atoms with Crippen molar-refractivity contribution in [1.82, 2.24) is 0 Å². The summed E-state index contributed by atoms with van der Waals surface area (Å²) in [7, 11) is -3.05. The molecule has 0 aliphatic carbocycles. The normalized spacial score (nSPS) is 11.6. The molecular formula is C11H10O5S. The fourth-order valence-electron chi connectivity index (χ4n) is 1.66. The van der Waals surface area contributed by atoms with E-state index in [0.29, 0.717) is 11.1 Å². The first kappa shape index (κ1) is 11.7. The molecule has 0 aromatic heterocycles. The van der Waals surface area contributed by atoms with Gasteiger partial charge in [0.2, 0.25) is 0 Å². The summed E-state index contributed by atoms with van der Waals surface area (Å²) in [6, 6.07) is 7.52. The monoisotopic (exact) mass is 254 g/mol. The predicted octanol–water partition coefficient (Wildman–Crippen LogP) is 1.80. The van der Waals surface area contributed by atoms with Crippen molar-refractivity contribution in [3.63, 3.8) is 0 Å². The summed E-state index contributed by atoms with van der Waals surface area (Å²) in [5.41, 5.74) is 0. The maximum absolute atomic E-state index is 11.2. The molecular weight excluding hydrogens is 244 g/mol. The van der Waals surface area contributed by atoms with E-state index in [9.17, 15) is 13.5 Å². The Kier molecular flexibility index (Phi) is 2.68. The number of hydrogen-bond donors (Lipinski definition) is 2. The van der Waals surface area contributed by atoms with Crippen LogP contribution in [0.1, 0.15) is 0 Å². The summed E-state index contributed by atoms with van der Waals surface area (Å²) in [4.78, 5) is -0.506. The van der Waals surface area contributed by atoms with Crippen molar-refractivity contribution in [2.24, 2.45) is 0 Å². The van der Waals surface area contributed by atoms with E-state index in [1.807, 2.05) is 0 Å². The summed E-state index contributed by atoms with van der Waals surface area (Å²) >= 11 is 0. The zero-order valence-electron chi connectivity index (χ0n) is 8.91. The van der Waals surface area contributed by atoms with Gasteiger partial charge in [-0.15, -0.1) is 0 Å². The topological polar surface area (TPSA) is 83.8 Å². The quantitative estimate of drug-likeness (QED) is 0.798. The molecule has 90 valence electrons. The van der Waals surface area contributed by atoms with E-state index in [2.05, 4.69) is 0 Å². The minimum Gasteiger partial charge on any atom is -0.506 e. The molecule has 2 N–H and O–H groups in total. The minimum atomic E-state index is -4.49. The van der Waals surface area contributed by atoms with Crippen LogP contribution >= 0.6 is 0 Å². The highest BCUT2D eigenvalue weighted by Gasteiger charge is 2.19. The van der Waals surface area contributed by atoms with Gasteiger partial charge in [-0.1, -0.05) is 12.1 Å². The molecule has 6 heteroatoms. The van der Waals surface area contributed by atoms with Crippen molar-refractivity contribution in [2.75, 3.05) is 7.11 Å². The second-order valence-electron chi connectivity index (χ2n) is 3.48. The fraction of sp³-hybridized carbons (Fsp3) is 0.0909. The van der Waals surface area contributed by atoms with Crippen LogP contribution < -0.4 is 4.74 Å². The summed E-state index contributed by atoms with van der Waals surface area (Å²) in [5, 5.41) is 10.3. The van der Waals surface area contributed by atoms with E-state index in [0.717, 1.165) is 0 Å². The van der Waals surface area contributed by atoms with E-state index in [-0.39, 0.29) is 5.39 Å². The smallest absolute Gasteiger partial charge is 0.298 e. The van der Waals surface area contributed by atoms with Gasteiger partial charge in [0.1, 0.15) is 16.4 Å². The van der Waals surface area contributed by atoms with Crippen molar-refractivity contribution < 1.29 is 22.8 Å². The number of benzene rings is 2. The van der Waals surface area contributed by atoms with Crippen LogP contribution in [0.4, 0.5) is 0 Å². The number of phenolic OH excluding ortho intramolecular Hbond substituents is 1. The summed E-state index contributed by atoms with van der Waals surface area (Å²) in [6.45, 7) is 0. The van der Waals surface area contributed by atoms with Crippen LogP contribution in [0, 0.1) is 0 Å². The second-order valence-corrected chi connectivity index (χ2v) is 4.83.